The van der Waals surface area contributed by atoms with Crippen LogP contribution in [0.3, 0.4) is 0 Å². The molecule has 0 rings (SSSR count). The monoisotopic (exact) mass is 172 g/mol. The molecule has 0 atom stereocenters. The van der Waals surface area contributed by atoms with Gasteiger partial charge in [-0.25, -0.2) is 0 Å². The minimum Gasteiger partial charge on any atom is -0.420 e. The summed E-state index contributed by atoms with van der Waals surface area (Å²) in [7, 11) is 0.571. The lowest BCUT2D eigenvalue weighted by Crippen LogP contribution is -2.27. The van der Waals surface area contributed by atoms with Crippen molar-refractivity contribution in [2.45, 2.75) is 38.4 Å². The maximum absolute atomic E-state index is 5.43. The molecule has 0 spiro atoms. The number of hydrogen-bond donors (Lipinski definition) is 0. The highest BCUT2D eigenvalue weighted by atomic mass is 28.4. The molecule has 0 saturated heterocycles. The van der Waals surface area contributed by atoms with E-state index in [1.54, 1.807) is 0 Å². The van der Waals surface area contributed by atoms with E-state index in [1.165, 1.54) is 18.9 Å². The third-order valence-electron chi connectivity index (χ3n) is 1.99. The number of allylic oxidation sites excluding steroid dienone is 1. The fourth-order valence-corrected chi connectivity index (χ4v) is 2.25. The van der Waals surface area contributed by atoms with Gasteiger partial charge in [0.05, 0.1) is 0 Å². The van der Waals surface area contributed by atoms with E-state index in [9.17, 15) is 0 Å². The topological polar surface area (TPSA) is 9.23 Å². The van der Waals surface area contributed by atoms with Crippen molar-refractivity contribution in [1.82, 2.24) is 0 Å². The molecule has 66 valence electrons. The van der Waals surface area contributed by atoms with E-state index in [2.05, 4.69) is 19.7 Å². The number of unbranched alkanes of at least 4 members (excludes halogenated alkanes) is 2. The van der Waals surface area contributed by atoms with Gasteiger partial charge in [0, 0.05) is 7.11 Å². The minimum absolute atomic E-state index is 1.15. The van der Waals surface area contributed by atoms with Crippen molar-refractivity contribution in [2.24, 2.45) is 0 Å². The molecule has 0 aliphatic carbocycles. The largest absolute Gasteiger partial charge is 0.420 e. The SMILES string of the molecule is C=CCCCC[Si](C)(C)OC. The molecule has 2 heteroatoms. The summed E-state index contributed by atoms with van der Waals surface area (Å²) in [6.45, 7) is 8.22. The van der Waals surface area contributed by atoms with Crippen molar-refractivity contribution in [3.63, 3.8) is 0 Å². The maximum atomic E-state index is 5.43. The van der Waals surface area contributed by atoms with E-state index < -0.39 is 8.32 Å². The van der Waals surface area contributed by atoms with Crippen LogP contribution in [-0.2, 0) is 4.43 Å². The van der Waals surface area contributed by atoms with Gasteiger partial charge < -0.3 is 4.43 Å². The first-order valence-corrected chi connectivity index (χ1v) is 7.40. The second-order valence-corrected chi connectivity index (χ2v) is 7.93. The molecule has 0 fully saturated rings. The summed E-state index contributed by atoms with van der Waals surface area (Å²) >= 11 is 0. The zero-order valence-corrected chi connectivity index (χ0v) is 9.02. The third kappa shape index (κ3) is 6.32. The van der Waals surface area contributed by atoms with Crippen LogP contribution >= 0.6 is 0 Å². The van der Waals surface area contributed by atoms with Gasteiger partial charge in [0.1, 0.15) is 0 Å². The highest BCUT2D eigenvalue weighted by molar-refractivity contribution is 6.71. The molecular weight excluding hydrogens is 152 g/mol. The molecule has 0 aliphatic rings. The molecule has 0 aliphatic heterocycles. The van der Waals surface area contributed by atoms with Crippen LogP contribution in [0.5, 0.6) is 0 Å². The summed E-state index contributed by atoms with van der Waals surface area (Å²) < 4.78 is 5.43. The van der Waals surface area contributed by atoms with Crippen molar-refractivity contribution >= 4 is 8.32 Å². The Morgan fingerprint density at radius 2 is 2.00 bits per heavy atom. The maximum Gasteiger partial charge on any atom is 0.186 e. The van der Waals surface area contributed by atoms with E-state index in [0.29, 0.717) is 0 Å². The molecule has 0 radical (unpaired) electrons. The normalized spacial score (nSPS) is 11.5. The molecule has 11 heavy (non-hydrogen) atoms. The second-order valence-electron chi connectivity index (χ2n) is 3.50. The summed E-state index contributed by atoms with van der Waals surface area (Å²) in [5.74, 6) is 0. The first kappa shape index (κ1) is 10.9. The van der Waals surface area contributed by atoms with Crippen molar-refractivity contribution < 1.29 is 4.43 Å². The van der Waals surface area contributed by atoms with Crippen LogP contribution in [0.15, 0.2) is 12.7 Å². The van der Waals surface area contributed by atoms with E-state index in [1.807, 2.05) is 13.2 Å². The summed E-state index contributed by atoms with van der Waals surface area (Å²) in [4.78, 5) is 0. The molecule has 0 aromatic carbocycles. The molecule has 0 unspecified atom stereocenters. The molecule has 0 saturated carbocycles. The average Bonchev–Trinajstić information content (AvgIpc) is 1.99. The summed E-state index contributed by atoms with van der Waals surface area (Å²) in [6.07, 6.45) is 5.69. The van der Waals surface area contributed by atoms with Gasteiger partial charge in [0.2, 0.25) is 0 Å². The Balaban J connectivity index is 3.29. The quantitative estimate of drug-likeness (QED) is 0.340. The van der Waals surface area contributed by atoms with Gasteiger partial charge in [-0.1, -0.05) is 18.9 Å². The van der Waals surface area contributed by atoms with Gasteiger partial charge in [-0.15, -0.1) is 6.58 Å². The fraction of sp³-hybridized carbons (Fsp3) is 0.778. The van der Waals surface area contributed by atoms with Crippen LogP contribution in [0.2, 0.25) is 19.1 Å². The van der Waals surface area contributed by atoms with Gasteiger partial charge in [0.25, 0.3) is 0 Å². The first-order chi connectivity index (χ1) is 5.12. The number of hydrogen-bond acceptors (Lipinski definition) is 1. The van der Waals surface area contributed by atoms with Crippen LogP contribution in [0.25, 0.3) is 0 Å². The van der Waals surface area contributed by atoms with Crippen molar-refractivity contribution in [1.29, 1.82) is 0 Å². The lowest BCUT2D eigenvalue weighted by Gasteiger charge is -2.19. The minimum atomic E-state index is -1.26. The van der Waals surface area contributed by atoms with Gasteiger partial charge in [-0.05, 0) is 25.6 Å². The molecule has 0 aromatic rings. The Morgan fingerprint density at radius 1 is 1.36 bits per heavy atom. The van der Waals surface area contributed by atoms with Crippen molar-refractivity contribution in [2.75, 3.05) is 7.11 Å². The average molecular weight is 172 g/mol. The Bertz CT molecular complexity index is 110. The third-order valence-corrected chi connectivity index (χ3v) is 4.65. The molecule has 0 N–H and O–H groups in total. The number of rotatable bonds is 6. The van der Waals surface area contributed by atoms with Gasteiger partial charge in [0.15, 0.2) is 8.32 Å². The molecule has 0 aromatic heterocycles. The van der Waals surface area contributed by atoms with Crippen LogP contribution in [-0.4, -0.2) is 15.4 Å². The Labute approximate surface area is 71.6 Å². The molecular formula is C9H20OSi. The van der Waals surface area contributed by atoms with Crippen molar-refractivity contribution in [3.8, 4) is 0 Å². The fourth-order valence-electron chi connectivity index (χ4n) is 0.941. The molecule has 0 heterocycles. The summed E-state index contributed by atoms with van der Waals surface area (Å²) in [6, 6.07) is 1.28. The molecule has 1 nitrogen and oxygen atoms in total. The van der Waals surface area contributed by atoms with E-state index in [-0.39, 0.29) is 0 Å². The Morgan fingerprint density at radius 3 is 2.45 bits per heavy atom. The highest BCUT2D eigenvalue weighted by Crippen LogP contribution is 2.14. The van der Waals surface area contributed by atoms with E-state index >= 15 is 0 Å². The molecule has 0 amide bonds. The first-order valence-electron chi connectivity index (χ1n) is 4.28. The van der Waals surface area contributed by atoms with E-state index in [4.69, 9.17) is 4.43 Å². The lowest BCUT2D eigenvalue weighted by molar-refractivity contribution is 0.401. The predicted octanol–water partition coefficient (Wildman–Crippen LogP) is 3.19. The van der Waals surface area contributed by atoms with Gasteiger partial charge >= 0.3 is 0 Å². The Kier molecular flexibility index (Phi) is 5.51. The standard InChI is InChI=1S/C9H20OSi/c1-5-6-7-8-9-11(3,4)10-2/h5H,1,6-9H2,2-4H3. The van der Waals surface area contributed by atoms with Crippen molar-refractivity contribution in [3.05, 3.63) is 12.7 Å². The molecule has 0 bridgehead atoms. The van der Waals surface area contributed by atoms with Crippen LogP contribution in [0.4, 0.5) is 0 Å². The highest BCUT2D eigenvalue weighted by Gasteiger charge is 2.18. The lowest BCUT2D eigenvalue weighted by atomic mass is 10.2. The van der Waals surface area contributed by atoms with Crippen LogP contribution in [0, 0.1) is 0 Å². The predicted molar refractivity (Wildman–Crippen MR) is 53.3 cm³/mol. The zero-order chi connectivity index (χ0) is 8.74. The second kappa shape index (κ2) is 5.55. The zero-order valence-electron chi connectivity index (χ0n) is 8.02. The van der Waals surface area contributed by atoms with Gasteiger partial charge in [-0.2, -0.15) is 0 Å². The van der Waals surface area contributed by atoms with Crippen LogP contribution < -0.4 is 0 Å². The van der Waals surface area contributed by atoms with Gasteiger partial charge in [-0.3, -0.25) is 0 Å². The van der Waals surface area contributed by atoms with Crippen LogP contribution in [0.1, 0.15) is 19.3 Å². The Hall–Kier alpha value is -0.0831. The smallest absolute Gasteiger partial charge is 0.186 e. The summed E-state index contributed by atoms with van der Waals surface area (Å²) in [5.41, 5.74) is 0. The summed E-state index contributed by atoms with van der Waals surface area (Å²) in [5, 5.41) is 0. The van der Waals surface area contributed by atoms with E-state index in [0.717, 1.165) is 6.42 Å².